The number of amides is 2. The molecule has 1 fully saturated rings. The Morgan fingerprint density at radius 1 is 1.24 bits per heavy atom. The summed E-state index contributed by atoms with van der Waals surface area (Å²) >= 11 is 0. The zero-order valence-electron chi connectivity index (χ0n) is 20.8. The molecule has 0 spiro atoms. The summed E-state index contributed by atoms with van der Waals surface area (Å²) in [6, 6.07) is 1.59. The van der Waals surface area contributed by atoms with E-state index in [0.29, 0.717) is 10.3 Å². The van der Waals surface area contributed by atoms with Gasteiger partial charge in [0, 0.05) is 37.3 Å². The van der Waals surface area contributed by atoms with Crippen LogP contribution < -0.4 is 5.32 Å². The van der Waals surface area contributed by atoms with Gasteiger partial charge in [0.15, 0.2) is 0 Å². The molecule has 3 heterocycles. The highest BCUT2D eigenvalue weighted by atomic mass is 19.3. The topological polar surface area (TPSA) is 99.9 Å². The Morgan fingerprint density at radius 3 is 2.54 bits per heavy atom. The molecule has 1 aromatic heterocycles. The van der Waals surface area contributed by atoms with Crippen molar-refractivity contribution >= 4 is 12.0 Å². The first kappa shape index (κ1) is 26.9. The van der Waals surface area contributed by atoms with E-state index in [2.05, 4.69) is 10.3 Å². The third-order valence-corrected chi connectivity index (χ3v) is 6.80. The molecule has 1 aromatic carbocycles. The summed E-state index contributed by atoms with van der Waals surface area (Å²) in [5, 5.41) is 12.4. The molecule has 2 aromatic rings. The van der Waals surface area contributed by atoms with Crippen molar-refractivity contribution in [1.82, 2.24) is 24.7 Å². The first-order chi connectivity index (χ1) is 17.3. The minimum Gasteiger partial charge on any atom is -0.465 e. The summed E-state index contributed by atoms with van der Waals surface area (Å²) in [4.78, 5) is 31.5. The van der Waals surface area contributed by atoms with Gasteiger partial charge in [-0.25, -0.2) is 18.6 Å². The van der Waals surface area contributed by atoms with E-state index in [4.69, 9.17) is 4.74 Å². The number of imidazole rings is 1. The number of carbonyl (C=O) groups is 2. The summed E-state index contributed by atoms with van der Waals surface area (Å²) in [7, 11) is 1.32. The van der Waals surface area contributed by atoms with Gasteiger partial charge in [-0.2, -0.15) is 8.78 Å². The number of rotatable bonds is 5. The summed E-state index contributed by atoms with van der Waals surface area (Å²) < 4.78 is 63.0. The molecular formula is C24H29F4N5O4. The number of aromatic nitrogens is 2. The van der Waals surface area contributed by atoms with Crippen molar-refractivity contribution in [3.05, 3.63) is 52.6 Å². The lowest BCUT2D eigenvalue weighted by Gasteiger charge is -2.48. The number of nitrogens with one attached hydrogen (secondary N) is 1. The zero-order valence-corrected chi connectivity index (χ0v) is 20.8. The molecule has 2 aliphatic rings. The number of alkyl halides is 2. The highest BCUT2D eigenvalue weighted by Gasteiger charge is 2.46. The fourth-order valence-corrected chi connectivity index (χ4v) is 5.24. The van der Waals surface area contributed by atoms with E-state index >= 15 is 0 Å². The number of halogens is 4. The van der Waals surface area contributed by atoms with Gasteiger partial charge in [-0.3, -0.25) is 19.2 Å². The number of fused-ring (bicyclic) bond motifs is 1. The molecule has 37 heavy (non-hydrogen) atoms. The normalized spacial score (nSPS) is 22.2. The first-order valence-electron chi connectivity index (χ1n) is 11.8. The molecule has 9 nitrogen and oxygen atoms in total. The lowest BCUT2D eigenvalue weighted by molar-refractivity contribution is -0.103. The van der Waals surface area contributed by atoms with Crippen LogP contribution in [0.1, 0.15) is 67.4 Å². The molecule has 0 bridgehead atoms. The van der Waals surface area contributed by atoms with Crippen LogP contribution in [0.25, 0.3) is 0 Å². The Labute approximate surface area is 211 Å². The van der Waals surface area contributed by atoms with Crippen LogP contribution >= 0.6 is 0 Å². The number of carbonyl (C=O) groups excluding carboxylic acids is 1. The van der Waals surface area contributed by atoms with Gasteiger partial charge in [0.25, 0.3) is 5.91 Å². The van der Waals surface area contributed by atoms with Crippen molar-refractivity contribution in [2.24, 2.45) is 0 Å². The Bertz CT molecular complexity index is 1200. The molecule has 0 saturated carbocycles. The summed E-state index contributed by atoms with van der Waals surface area (Å²) in [6.07, 6.45) is -2.17. The van der Waals surface area contributed by atoms with E-state index in [1.807, 2.05) is 4.90 Å². The maximum absolute atomic E-state index is 14.7. The summed E-state index contributed by atoms with van der Waals surface area (Å²) in [6.45, 7) is 2.27. The number of ether oxygens (including phenoxy) is 1. The van der Waals surface area contributed by atoms with Crippen molar-refractivity contribution in [2.45, 2.75) is 70.6 Å². The van der Waals surface area contributed by atoms with Crippen LogP contribution in [0.2, 0.25) is 0 Å². The molecule has 0 unspecified atom stereocenters. The van der Waals surface area contributed by atoms with Gasteiger partial charge in [-0.15, -0.1) is 0 Å². The molecule has 0 aliphatic carbocycles. The quantitative estimate of drug-likeness (QED) is 0.572. The van der Waals surface area contributed by atoms with E-state index in [0.717, 1.165) is 18.2 Å². The van der Waals surface area contributed by atoms with E-state index < -0.39 is 53.9 Å². The number of benzene rings is 1. The lowest BCUT2D eigenvalue weighted by Crippen LogP contribution is -2.58. The van der Waals surface area contributed by atoms with Crippen LogP contribution in [0.5, 0.6) is 0 Å². The Balaban J connectivity index is 1.66. The average Bonchev–Trinajstić information content (AvgIpc) is 3.37. The van der Waals surface area contributed by atoms with Gasteiger partial charge < -0.3 is 15.2 Å². The van der Waals surface area contributed by atoms with Crippen LogP contribution in [-0.2, 0) is 17.8 Å². The molecule has 2 amide bonds. The molecule has 4 rings (SSSR count). The van der Waals surface area contributed by atoms with Crippen LogP contribution in [0, 0.1) is 11.6 Å². The highest BCUT2D eigenvalue weighted by molar-refractivity contribution is 5.90. The predicted molar refractivity (Wildman–Crippen MR) is 123 cm³/mol. The molecule has 202 valence electrons. The number of hydrogen-bond acceptors (Lipinski definition) is 5. The van der Waals surface area contributed by atoms with E-state index in [-0.39, 0.29) is 43.2 Å². The van der Waals surface area contributed by atoms with Crippen LogP contribution in [0.4, 0.5) is 22.4 Å². The van der Waals surface area contributed by atoms with Crippen LogP contribution in [0.15, 0.2) is 18.2 Å². The Hall–Kier alpha value is -3.19. The Kier molecular flexibility index (Phi) is 7.21. The number of hydrogen-bond donors (Lipinski definition) is 2. The molecule has 1 saturated heterocycles. The molecule has 13 heteroatoms. The fourth-order valence-electron chi connectivity index (χ4n) is 5.24. The third-order valence-electron chi connectivity index (χ3n) is 6.80. The maximum atomic E-state index is 14.7. The standard InChI is InChI=1S/C24H29F4N5O4/c1-24(2,3)33(23(35)36)17-8-13(11-37-19(17)14-7-12(25)5-6-15(14)26)31-9-16-18(10-31)32(22(27)28)20(30-16)21(34)29-4/h5-7,13,17,19,22H,8-11H2,1-4H3,(H,29,34)(H,35,36)/t13-,17+,19-/m1/s1. The smallest absolute Gasteiger partial charge is 0.408 e. The van der Waals surface area contributed by atoms with E-state index in [9.17, 15) is 32.3 Å². The Morgan fingerprint density at radius 2 is 1.95 bits per heavy atom. The zero-order chi connectivity index (χ0) is 27.2. The average molecular weight is 528 g/mol. The fraction of sp³-hybridized carbons (Fsp3) is 0.542. The lowest BCUT2D eigenvalue weighted by atomic mass is 9.88. The molecule has 2 N–H and O–H groups in total. The number of nitrogens with zero attached hydrogens (tertiary/aromatic N) is 4. The van der Waals surface area contributed by atoms with Gasteiger partial charge >= 0.3 is 12.6 Å². The summed E-state index contributed by atoms with van der Waals surface area (Å²) in [5.41, 5.74) is -0.493. The predicted octanol–water partition coefficient (Wildman–Crippen LogP) is 3.91. The number of carboxylic acid groups (broad SMARTS) is 1. The van der Waals surface area contributed by atoms with E-state index in [1.54, 1.807) is 20.8 Å². The minimum absolute atomic E-state index is 0.0238. The molecule has 2 aliphatic heterocycles. The second-order valence-corrected chi connectivity index (χ2v) is 10.2. The second kappa shape index (κ2) is 9.93. The van der Waals surface area contributed by atoms with Crippen LogP contribution in [-0.4, -0.2) is 67.7 Å². The second-order valence-electron chi connectivity index (χ2n) is 10.2. The largest absolute Gasteiger partial charge is 0.465 e. The molecule has 0 radical (unpaired) electrons. The van der Waals surface area contributed by atoms with Crippen molar-refractivity contribution in [3.63, 3.8) is 0 Å². The third kappa shape index (κ3) is 5.01. The van der Waals surface area contributed by atoms with Gasteiger partial charge in [0.2, 0.25) is 5.82 Å². The minimum atomic E-state index is -2.98. The molecule has 3 atom stereocenters. The van der Waals surface area contributed by atoms with Crippen LogP contribution in [0.3, 0.4) is 0 Å². The highest BCUT2D eigenvalue weighted by Crippen LogP contribution is 2.40. The first-order valence-corrected chi connectivity index (χ1v) is 11.8. The van der Waals surface area contributed by atoms with Gasteiger partial charge in [0.05, 0.1) is 24.0 Å². The monoisotopic (exact) mass is 527 g/mol. The van der Waals surface area contributed by atoms with Crippen molar-refractivity contribution < 1.29 is 37.0 Å². The molecular weight excluding hydrogens is 498 g/mol. The summed E-state index contributed by atoms with van der Waals surface area (Å²) in [5.74, 6) is -2.52. The van der Waals surface area contributed by atoms with Crippen molar-refractivity contribution in [2.75, 3.05) is 13.7 Å². The van der Waals surface area contributed by atoms with E-state index in [1.165, 1.54) is 11.9 Å². The van der Waals surface area contributed by atoms with Gasteiger partial charge in [0.1, 0.15) is 17.7 Å². The van der Waals surface area contributed by atoms with Gasteiger partial charge in [-0.05, 0) is 45.4 Å². The maximum Gasteiger partial charge on any atom is 0.408 e. The van der Waals surface area contributed by atoms with Crippen molar-refractivity contribution in [1.29, 1.82) is 0 Å². The SMILES string of the molecule is CNC(=O)c1nc2c(n1C(F)F)CN([C@H]1CO[C@H](c3cc(F)ccc3F)[C@@H](N(C(=O)O)C(C)(C)C)C1)C2. The van der Waals surface area contributed by atoms with Gasteiger partial charge in [-0.1, -0.05) is 0 Å². The van der Waals surface area contributed by atoms with Crippen molar-refractivity contribution in [3.8, 4) is 0 Å².